The molecule has 1 aromatic rings. The minimum absolute atomic E-state index is 0.0179. The Morgan fingerprint density at radius 2 is 1.92 bits per heavy atom. The molecule has 0 aliphatic carbocycles. The molecule has 0 atom stereocenters. The van der Waals surface area contributed by atoms with Gasteiger partial charge in [0.1, 0.15) is 11.4 Å². The van der Waals surface area contributed by atoms with Gasteiger partial charge in [-0.25, -0.2) is 4.98 Å². The van der Waals surface area contributed by atoms with Crippen molar-refractivity contribution in [3.63, 3.8) is 0 Å². The number of aryl methyl sites for hydroxylation is 1. The van der Waals surface area contributed by atoms with Crippen molar-refractivity contribution in [2.24, 2.45) is 5.92 Å². The summed E-state index contributed by atoms with van der Waals surface area (Å²) in [6, 6.07) is 3.38. The van der Waals surface area contributed by atoms with Crippen LogP contribution >= 0.6 is 0 Å². The highest BCUT2D eigenvalue weighted by atomic mass is 16.6. The number of carbonyl (C=O) groups excluding carboxylic acids is 2. The van der Waals surface area contributed by atoms with E-state index in [2.05, 4.69) is 4.98 Å². The third-order valence-electron chi connectivity index (χ3n) is 4.11. The highest BCUT2D eigenvalue weighted by Crippen LogP contribution is 2.24. The van der Waals surface area contributed by atoms with Crippen LogP contribution in [0.4, 0.5) is 5.82 Å². The van der Waals surface area contributed by atoms with Crippen molar-refractivity contribution >= 4 is 17.7 Å². The normalized spacial score (nSPS) is 16.1. The second kappa shape index (κ2) is 7.20. The van der Waals surface area contributed by atoms with Crippen LogP contribution < -0.4 is 5.73 Å². The van der Waals surface area contributed by atoms with Gasteiger partial charge in [0, 0.05) is 19.5 Å². The Labute approximate surface area is 143 Å². The Kier molecular flexibility index (Phi) is 5.47. The lowest BCUT2D eigenvalue weighted by Crippen LogP contribution is -2.39. The van der Waals surface area contributed by atoms with Crippen LogP contribution in [-0.4, -0.2) is 40.5 Å². The average molecular weight is 333 g/mol. The van der Waals surface area contributed by atoms with E-state index in [1.54, 1.807) is 19.1 Å². The molecule has 2 N–H and O–H groups in total. The molecule has 0 bridgehead atoms. The Morgan fingerprint density at radius 3 is 2.46 bits per heavy atom. The SMILES string of the molecule is Cc1nc(N)ccc1C(=O)N1CCC(CC(=O)OC(C)(C)C)CC1. The van der Waals surface area contributed by atoms with E-state index >= 15 is 0 Å². The van der Waals surface area contributed by atoms with Crippen LogP contribution in [0.2, 0.25) is 0 Å². The lowest BCUT2D eigenvalue weighted by atomic mass is 9.93. The molecule has 1 saturated heterocycles. The minimum atomic E-state index is -0.451. The van der Waals surface area contributed by atoms with Crippen molar-refractivity contribution in [3.8, 4) is 0 Å². The van der Waals surface area contributed by atoms with E-state index in [0.717, 1.165) is 12.8 Å². The van der Waals surface area contributed by atoms with Gasteiger partial charge >= 0.3 is 5.97 Å². The van der Waals surface area contributed by atoms with Crippen LogP contribution in [0.25, 0.3) is 0 Å². The lowest BCUT2D eigenvalue weighted by Gasteiger charge is -2.32. The van der Waals surface area contributed by atoms with E-state index in [1.165, 1.54) is 0 Å². The first kappa shape index (κ1) is 18.2. The summed E-state index contributed by atoms with van der Waals surface area (Å²) in [6.45, 7) is 8.70. The molecule has 1 aromatic heterocycles. The van der Waals surface area contributed by atoms with E-state index in [4.69, 9.17) is 10.5 Å². The van der Waals surface area contributed by atoms with Crippen molar-refractivity contribution in [1.29, 1.82) is 0 Å². The Hall–Kier alpha value is -2.11. The van der Waals surface area contributed by atoms with Gasteiger partial charge in [-0.05, 0) is 58.6 Å². The Morgan fingerprint density at radius 1 is 1.29 bits per heavy atom. The third kappa shape index (κ3) is 4.94. The van der Waals surface area contributed by atoms with Crippen molar-refractivity contribution in [3.05, 3.63) is 23.4 Å². The molecular formula is C18H27N3O3. The molecular weight excluding hydrogens is 306 g/mol. The van der Waals surface area contributed by atoms with Crippen LogP contribution in [-0.2, 0) is 9.53 Å². The van der Waals surface area contributed by atoms with Crippen LogP contribution in [0.3, 0.4) is 0 Å². The lowest BCUT2D eigenvalue weighted by molar-refractivity contribution is -0.156. The minimum Gasteiger partial charge on any atom is -0.460 e. The van der Waals surface area contributed by atoms with Gasteiger partial charge in [-0.3, -0.25) is 9.59 Å². The van der Waals surface area contributed by atoms with Gasteiger partial charge in [0.15, 0.2) is 0 Å². The number of rotatable bonds is 3. The number of amides is 1. The number of nitrogens with zero attached hydrogens (tertiary/aromatic N) is 2. The highest BCUT2D eigenvalue weighted by Gasteiger charge is 2.27. The molecule has 132 valence electrons. The summed E-state index contributed by atoms with van der Waals surface area (Å²) in [6.07, 6.45) is 2.04. The number of hydrogen-bond donors (Lipinski definition) is 1. The molecule has 1 fully saturated rings. The van der Waals surface area contributed by atoms with Crippen LogP contribution in [0.15, 0.2) is 12.1 Å². The van der Waals surface area contributed by atoms with Gasteiger partial charge in [0.05, 0.1) is 11.3 Å². The van der Waals surface area contributed by atoms with Crippen LogP contribution in [0.1, 0.15) is 56.1 Å². The first-order valence-corrected chi connectivity index (χ1v) is 8.40. The largest absolute Gasteiger partial charge is 0.460 e. The number of nitrogen functional groups attached to an aromatic ring is 1. The van der Waals surface area contributed by atoms with Crippen molar-refractivity contribution in [1.82, 2.24) is 9.88 Å². The maximum absolute atomic E-state index is 12.6. The van der Waals surface area contributed by atoms with Gasteiger partial charge in [-0.1, -0.05) is 0 Å². The fraction of sp³-hybridized carbons (Fsp3) is 0.611. The molecule has 6 nitrogen and oxygen atoms in total. The molecule has 6 heteroatoms. The number of ether oxygens (including phenoxy) is 1. The third-order valence-corrected chi connectivity index (χ3v) is 4.11. The van der Waals surface area contributed by atoms with E-state index in [-0.39, 0.29) is 17.8 Å². The molecule has 1 aliphatic heterocycles. The Balaban J connectivity index is 1.88. The van der Waals surface area contributed by atoms with Crippen LogP contribution in [0, 0.1) is 12.8 Å². The molecule has 2 heterocycles. The second-order valence-corrected chi connectivity index (χ2v) is 7.40. The zero-order chi connectivity index (χ0) is 17.9. The number of esters is 1. The maximum Gasteiger partial charge on any atom is 0.306 e. The van der Waals surface area contributed by atoms with Gasteiger partial charge in [0.2, 0.25) is 0 Å². The number of piperidine rings is 1. The molecule has 1 aliphatic rings. The summed E-state index contributed by atoms with van der Waals surface area (Å²) in [5, 5.41) is 0. The molecule has 24 heavy (non-hydrogen) atoms. The highest BCUT2D eigenvalue weighted by molar-refractivity contribution is 5.95. The monoisotopic (exact) mass is 333 g/mol. The summed E-state index contributed by atoms with van der Waals surface area (Å²) in [4.78, 5) is 30.5. The fourth-order valence-corrected chi connectivity index (χ4v) is 2.94. The van der Waals surface area contributed by atoms with E-state index in [1.807, 2.05) is 25.7 Å². The number of aromatic nitrogens is 1. The molecule has 0 spiro atoms. The number of likely N-dealkylation sites (tertiary alicyclic amines) is 1. The molecule has 0 saturated carbocycles. The fourth-order valence-electron chi connectivity index (χ4n) is 2.94. The van der Waals surface area contributed by atoms with E-state index in [9.17, 15) is 9.59 Å². The standard InChI is InChI=1S/C18H27N3O3/c1-12-14(5-6-15(19)20-12)17(23)21-9-7-13(8-10-21)11-16(22)24-18(2,3)4/h5-6,13H,7-11H2,1-4H3,(H2,19,20). The van der Waals surface area contributed by atoms with Crippen molar-refractivity contribution < 1.29 is 14.3 Å². The summed E-state index contributed by atoms with van der Waals surface area (Å²) in [7, 11) is 0. The van der Waals surface area contributed by atoms with Crippen molar-refractivity contribution in [2.75, 3.05) is 18.8 Å². The topological polar surface area (TPSA) is 85.5 Å². The molecule has 0 aromatic carbocycles. The van der Waals surface area contributed by atoms with Crippen LogP contribution in [0.5, 0.6) is 0 Å². The summed E-state index contributed by atoms with van der Waals surface area (Å²) < 4.78 is 5.37. The molecule has 2 rings (SSSR count). The van der Waals surface area contributed by atoms with E-state index < -0.39 is 5.60 Å². The number of anilines is 1. The average Bonchev–Trinajstić information content (AvgIpc) is 2.45. The van der Waals surface area contributed by atoms with Gasteiger partial charge in [-0.15, -0.1) is 0 Å². The number of hydrogen-bond acceptors (Lipinski definition) is 5. The Bertz CT molecular complexity index is 614. The van der Waals surface area contributed by atoms with Gasteiger partial charge < -0.3 is 15.4 Å². The zero-order valence-electron chi connectivity index (χ0n) is 15.0. The predicted molar refractivity (Wildman–Crippen MR) is 92.5 cm³/mol. The number of nitrogens with two attached hydrogens (primary N) is 1. The zero-order valence-corrected chi connectivity index (χ0v) is 15.0. The quantitative estimate of drug-likeness (QED) is 0.859. The van der Waals surface area contributed by atoms with E-state index in [0.29, 0.717) is 36.6 Å². The second-order valence-electron chi connectivity index (χ2n) is 7.40. The summed E-state index contributed by atoms with van der Waals surface area (Å²) in [5.41, 5.74) is 6.42. The smallest absolute Gasteiger partial charge is 0.306 e. The first-order valence-electron chi connectivity index (χ1n) is 8.40. The molecule has 1 amide bonds. The number of carbonyl (C=O) groups is 2. The first-order chi connectivity index (χ1) is 11.2. The molecule has 0 unspecified atom stereocenters. The van der Waals surface area contributed by atoms with Gasteiger partial charge in [-0.2, -0.15) is 0 Å². The molecule has 0 radical (unpaired) electrons. The van der Waals surface area contributed by atoms with Crippen molar-refractivity contribution in [2.45, 2.75) is 52.6 Å². The number of pyridine rings is 1. The summed E-state index contributed by atoms with van der Waals surface area (Å²) in [5.74, 6) is 0.510. The maximum atomic E-state index is 12.6. The summed E-state index contributed by atoms with van der Waals surface area (Å²) >= 11 is 0. The predicted octanol–water partition coefficient (Wildman–Crippen LogP) is 2.56. The van der Waals surface area contributed by atoms with Gasteiger partial charge in [0.25, 0.3) is 5.91 Å².